The average molecular weight is 267 g/mol. The van der Waals surface area contributed by atoms with Gasteiger partial charge in [-0.15, -0.1) is 0 Å². The van der Waals surface area contributed by atoms with Gasteiger partial charge in [-0.05, 0) is 56.8 Å². The molecule has 2 aromatic carbocycles. The van der Waals surface area contributed by atoms with E-state index in [-0.39, 0.29) is 5.54 Å². The molecular formula is C19H25N. The van der Waals surface area contributed by atoms with Crippen molar-refractivity contribution in [1.29, 1.82) is 0 Å². The van der Waals surface area contributed by atoms with Gasteiger partial charge in [0.1, 0.15) is 0 Å². The highest BCUT2D eigenvalue weighted by molar-refractivity contribution is 5.63. The number of hydrogen-bond donors (Lipinski definition) is 1. The molecule has 20 heavy (non-hydrogen) atoms. The fourth-order valence-electron chi connectivity index (χ4n) is 2.25. The van der Waals surface area contributed by atoms with Crippen molar-refractivity contribution in [3.63, 3.8) is 0 Å². The Balaban J connectivity index is 1.86. The van der Waals surface area contributed by atoms with Crippen LogP contribution in [-0.2, 0) is 6.42 Å². The highest BCUT2D eigenvalue weighted by Gasteiger charge is 2.07. The smallest absolute Gasteiger partial charge is 0.00965 e. The van der Waals surface area contributed by atoms with Crippen molar-refractivity contribution in [2.24, 2.45) is 0 Å². The number of nitrogens with one attached hydrogen (secondary N) is 1. The number of benzene rings is 2. The maximum absolute atomic E-state index is 3.53. The molecule has 106 valence electrons. The maximum atomic E-state index is 3.53. The minimum Gasteiger partial charge on any atom is -0.312 e. The van der Waals surface area contributed by atoms with Crippen LogP contribution in [0.5, 0.6) is 0 Å². The van der Waals surface area contributed by atoms with Crippen LogP contribution in [0.3, 0.4) is 0 Å². The first-order chi connectivity index (χ1) is 9.54. The van der Waals surface area contributed by atoms with E-state index in [2.05, 4.69) is 80.7 Å². The van der Waals surface area contributed by atoms with E-state index in [1.165, 1.54) is 23.1 Å². The fourth-order valence-corrected chi connectivity index (χ4v) is 2.25. The van der Waals surface area contributed by atoms with Crippen LogP contribution in [0, 0.1) is 0 Å². The van der Waals surface area contributed by atoms with E-state index < -0.39 is 0 Å². The molecule has 0 heterocycles. The van der Waals surface area contributed by atoms with E-state index >= 15 is 0 Å². The third-order valence-corrected chi connectivity index (χ3v) is 3.36. The van der Waals surface area contributed by atoms with Crippen molar-refractivity contribution in [2.45, 2.75) is 39.2 Å². The molecule has 1 N–H and O–H groups in total. The SMILES string of the molecule is CC(C)(C)NCCCc1ccc(-c2ccccc2)cc1. The predicted octanol–water partition coefficient (Wildman–Crippen LogP) is 4.67. The van der Waals surface area contributed by atoms with E-state index in [0.717, 1.165) is 13.0 Å². The quantitative estimate of drug-likeness (QED) is 0.776. The summed E-state index contributed by atoms with van der Waals surface area (Å²) in [6, 6.07) is 19.5. The van der Waals surface area contributed by atoms with E-state index in [1.54, 1.807) is 0 Å². The zero-order chi connectivity index (χ0) is 14.4. The van der Waals surface area contributed by atoms with Crippen LogP contribution >= 0.6 is 0 Å². The molecule has 0 amide bonds. The molecule has 1 nitrogen and oxygen atoms in total. The highest BCUT2D eigenvalue weighted by Crippen LogP contribution is 2.19. The molecule has 0 bridgehead atoms. The van der Waals surface area contributed by atoms with Crippen LogP contribution < -0.4 is 5.32 Å². The van der Waals surface area contributed by atoms with Crippen molar-refractivity contribution < 1.29 is 0 Å². The minimum atomic E-state index is 0.219. The molecule has 0 fully saturated rings. The molecule has 2 aromatic rings. The summed E-state index contributed by atoms with van der Waals surface area (Å²) in [6.45, 7) is 7.70. The van der Waals surface area contributed by atoms with E-state index in [0.29, 0.717) is 0 Å². The molecular weight excluding hydrogens is 242 g/mol. The van der Waals surface area contributed by atoms with Crippen LogP contribution in [0.2, 0.25) is 0 Å². The van der Waals surface area contributed by atoms with E-state index in [4.69, 9.17) is 0 Å². The number of hydrogen-bond acceptors (Lipinski definition) is 1. The third kappa shape index (κ3) is 4.82. The lowest BCUT2D eigenvalue weighted by molar-refractivity contribution is 0.422. The molecule has 1 heteroatoms. The van der Waals surface area contributed by atoms with Gasteiger partial charge < -0.3 is 5.32 Å². The van der Waals surface area contributed by atoms with Gasteiger partial charge in [-0.2, -0.15) is 0 Å². The molecule has 0 unspecified atom stereocenters. The number of aryl methyl sites for hydroxylation is 1. The standard InChI is InChI=1S/C19H25N/c1-19(2,3)20-15-7-8-16-11-13-18(14-12-16)17-9-5-4-6-10-17/h4-6,9-14,20H,7-8,15H2,1-3H3. The normalized spacial score (nSPS) is 11.6. The molecule has 0 radical (unpaired) electrons. The molecule has 0 saturated carbocycles. The summed E-state index contributed by atoms with van der Waals surface area (Å²) in [5.41, 5.74) is 4.22. The minimum absolute atomic E-state index is 0.219. The average Bonchev–Trinajstić information content (AvgIpc) is 2.44. The summed E-state index contributed by atoms with van der Waals surface area (Å²) in [5, 5.41) is 3.53. The summed E-state index contributed by atoms with van der Waals surface area (Å²) in [4.78, 5) is 0. The largest absolute Gasteiger partial charge is 0.312 e. The Morgan fingerprint density at radius 3 is 2.00 bits per heavy atom. The first-order valence-corrected chi connectivity index (χ1v) is 7.44. The maximum Gasteiger partial charge on any atom is 0.00965 e. The molecule has 0 aromatic heterocycles. The van der Waals surface area contributed by atoms with Gasteiger partial charge in [-0.25, -0.2) is 0 Å². The van der Waals surface area contributed by atoms with E-state index in [1.807, 2.05) is 0 Å². The van der Waals surface area contributed by atoms with Crippen molar-refractivity contribution in [2.75, 3.05) is 6.54 Å². The van der Waals surface area contributed by atoms with E-state index in [9.17, 15) is 0 Å². The van der Waals surface area contributed by atoms with Crippen molar-refractivity contribution in [3.8, 4) is 11.1 Å². The summed E-state index contributed by atoms with van der Waals surface area (Å²) >= 11 is 0. The van der Waals surface area contributed by atoms with Crippen LogP contribution in [0.1, 0.15) is 32.8 Å². The Morgan fingerprint density at radius 1 is 0.800 bits per heavy atom. The monoisotopic (exact) mass is 267 g/mol. The van der Waals surface area contributed by atoms with Gasteiger partial charge in [-0.1, -0.05) is 54.6 Å². The Kier molecular flexibility index (Phi) is 4.97. The molecule has 0 spiro atoms. The topological polar surface area (TPSA) is 12.0 Å². The lowest BCUT2D eigenvalue weighted by Crippen LogP contribution is -2.36. The molecule has 0 saturated heterocycles. The molecule has 0 aliphatic rings. The Labute approximate surface area is 123 Å². The molecule has 0 aliphatic carbocycles. The van der Waals surface area contributed by atoms with Gasteiger partial charge in [0.25, 0.3) is 0 Å². The van der Waals surface area contributed by atoms with Gasteiger partial charge in [0.2, 0.25) is 0 Å². The molecule has 0 atom stereocenters. The Morgan fingerprint density at radius 2 is 1.40 bits per heavy atom. The first kappa shape index (κ1) is 14.8. The third-order valence-electron chi connectivity index (χ3n) is 3.36. The van der Waals surface area contributed by atoms with Crippen molar-refractivity contribution >= 4 is 0 Å². The molecule has 2 rings (SSSR count). The first-order valence-electron chi connectivity index (χ1n) is 7.44. The van der Waals surface area contributed by atoms with Crippen LogP contribution in [0.15, 0.2) is 54.6 Å². The van der Waals surface area contributed by atoms with Gasteiger partial charge >= 0.3 is 0 Å². The number of rotatable bonds is 5. The van der Waals surface area contributed by atoms with Crippen LogP contribution in [-0.4, -0.2) is 12.1 Å². The van der Waals surface area contributed by atoms with Gasteiger partial charge in [-0.3, -0.25) is 0 Å². The Bertz CT molecular complexity index is 506. The van der Waals surface area contributed by atoms with Gasteiger partial charge in [0, 0.05) is 5.54 Å². The van der Waals surface area contributed by atoms with Crippen molar-refractivity contribution in [1.82, 2.24) is 5.32 Å². The summed E-state index contributed by atoms with van der Waals surface area (Å²) in [7, 11) is 0. The van der Waals surface area contributed by atoms with Gasteiger partial charge in [0.15, 0.2) is 0 Å². The molecule has 0 aliphatic heterocycles. The van der Waals surface area contributed by atoms with Gasteiger partial charge in [0.05, 0.1) is 0 Å². The second kappa shape index (κ2) is 6.71. The van der Waals surface area contributed by atoms with Crippen LogP contribution in [0.25, 0.3) is 11.1 Å². The zero-order valence-corrected chi connectivity index (χ0v) is 12.8. The predicted molar refractivity (Wildman–Crippen MR) is 88.0 cm³/mol. The summed E-state index contributed by atoms with van der Waals surface area (Å²) < 4.78 is 0. The van der Waals surface area contributed by atoms with Crippen LogP contribution in [0.4, 0.5) is 0 Å². The second-order valence-electron chi connectivity index (χ2n) is 6.34. The summed E-state index contributed by atoms with van der Waals surface area (Å²) in [5.74, 6) is 0. The highest BCUT2D eigenvalue weighted by atomic mass is 14.9. The lowest BCUT2D eigenvalue weighted by Gasteiger charge is -2.20. The summed E-state index contributed by atoms with van der Waals surface area (Å²) in [6.07, 6.45) is 2.32. The zero-order valence-electron chi connectivity index (χ0n) is 12.8. The fraction of sp³-hybridized carbons (Fsp3) is 0.368. The Hall–Kier alpha value is -1.60. The second-order valence-corrected chi connectivity index (χ2v) is 6.34. The lowest BCUT2D eigenvalue weighted by atomic mass is 10.0. The van der Waals surface area contributed by atoms with Crippen molar-refractivity contribution in [3.05, 3.63) is 60.2 Å².